The van der Waals surface area contributed by atoms with Gasteiger partial charge >= 0.3 is 0 Å². The summed E-state index contributed by atoms with van der Waals surface area (Å²) < 4.78 is 7.33. The fourth-order valence-electron chi connectivity index (χ4n) is 3.40. The smallest absolute Gasteiger partial charge is 0.222 e. The Morgan fingerprint density at radius 3 is 2.62 bits per heavy atom. The number of ether oxygens (including phenoxy) is 1. The van der Waals surface area contributed by atoms with Gasteiger partial charge in [-0.25, -0.2) is 4.98 Å². The van der Waals surface area contributed by atoms with Crippen molar-refractivity contribution in [2.24, 2.45) is 0 Å². The lowest BCUT2D eigenvalue weighted by molar-refractivity contribution is -0.132. The van der Waals surface area contributed by atoms with Crippen molar-refractivity contribution in [2.75, 3.05) is 13.1 Å². The van der Waals surface area contributed by atoms with Crippen molar-refractivity contribution in [1.29, 1.82) is 0 Å². The van der Waals surface area contributed by atoms with E-state index in [0.29, 0.717) is 6.42 Å². The molecule has 2 aromatic carbocycles. The quantitative estimate of drug-likeness (QED) is 0.669. The Balaban J connectivity index is 1.39. The minimum Gasteiger partial charge on any atom is -0.490 e. The fraction of sp³-hybridized carbons (Fsp3) is 0.333. The third kappa shape index (κ3) is 3.58. The Hall–Kier alpha value is -2.40. The average Bonchev–Trinajstić information content (AvgIpc) is 3.16. The van der Waals surface area contributed by atoms with E-state index in [0.717, 1.165) is 42.8 Å². The van der Waals surface area contributed by atoms with Crippen molar-refractivity contribution in [1.82, 2.24) is 9.88 Å². The molecule has 26 heavy (non-hydrogen) atoms. The Morgan fingerprint density at radius 1 is 1.15 bits per heavy atom. The zero-order valence-electron chi connectivity index (χ0n) is 14.9. The normalized spacial score (nSPS) is 15.3. The zero-order valence-corrected chi connectivity index (χ0v) is 15.7. The molecule has 4 rings (SSSR count). The van der Waals surface area contributed by atoms with E-state index in [2.05, 4.69) is 35.3 Å². The number of aromatic nitrogens is 1. The molecule has 0 aliphatic carbocycles. The number of amides is 1. The molecular formula is C21H22N2O2S. The van der Waals surface area contributed by atoms with Gasteiger partial charge in [0.15, 0.2) is 0 Å². The van der Waals surface area contributed by atoms with Crippen LogP contribution in [0.25, 0.3) is 21.3 Å². The number of carbonyl (C=O) groups excluding carboxylic acids is 1. The number of nitrogens with zero attached hydrogens (tertiary/aromatic N) is 2. The molecule has 1 aliphatic heterocycles. The summed E-state index contributed by atoms with van der Waals surface area (Å²) in [5.41, 5.74) is 5.25. The summed E-state index contributed by atoms with van der Waals surface area (Å²) in [5, 5.41) is 0. The number of carbonyl (C=O) groups is 1. The van der Waals surface area contributed by atoms with E-state index >= 15 is 0 Å². The number of thiazole rings is 1. The second-order valence-electron chi connectivity index (χ2n) is 6.61. The first kappa shape index (κ1) is 17.0. The van der Waals surface area contributed by atoms with E-state index in [1.54, 1.807) is 11.3 Å². The molecule has 0 unspecified atom stereocenters. The van der Waals surface area contributed by atoms with E-state index in [4.69, 9.17) is 4.74 Å². The Kier molecular flexibility index (Phi) is 4.89. The van der Waals surface area contributed by atoms with Crippen LogP contribution in [0.1, 0.15) is 26.2 Å². The average molecular weight is 366 g/mol. The van der Waals surface area contributed by atoms with Gasteiger partial charge in [-0.15, -0.1) is 11.3 Å². The summed E-state index contributed by atoms with van der Waals surface area (Å²) >= 11 is 1.66. The molecule has 0 radical (unpaired) electrons. The minimum absolute atomic E-state index is 0.188. The van der Waals surface area contributed by atoms with Crippen molar-refractivity contribution >= 4 is 27.5 Å². The summed E-state index contributed by atoms with van der Waals surface area (Å²) in [6.45, 7) is 3.50. The van der Waals surface area contributed by atoms with Crippen LogP contribution in [-0.2, 0) is 4.79 Å². The van der Waals surface area contributed by atoms with Crippen LogP contribution in [-0.4, -0.2) is 35.0 Å². The molecule has 134 valence electrons. The van der Waals surface area contributed by atoms with Crippen LogP contribution >= 0.6 is 11.3 Å². The van der Waals surface area contributed by atoms with Crippen LogP contribution in [0.2, 0.25) is 0 Å². The third-order valence-electron chi connectivity index (χ3n) is 4.92. The second kappa shape index (κ2) is 7.46. The van der Waals surface area contributed by atoms with E-state index < -0.39 is 0 Å². The van der Waals surface area contributed by atoms with Crippen molar-refractivity contribution in [3.63, 3.8) is 0 Å². The number of likely N-dealkylation sites (tertiary alicyclic amines) is 1. The van der Waals surface area contributed by atoms with Crippen molar-refractivity contribution in [3.8, 4) is 16.9 Å². The predicted octanol–water partition coefficient (Wildman–Crippen LogP) is 4.74. The van der Waals surface area contributed by atoms with Gasteiger partial charge in [-0.1, -0.05) is 25.1 Å². The highest BCUT2D eigenvalue weighted by Gasteiger charge is 2.22. The molecule has 1 saturated heterocycles. The first-order valence-corrected chi connectivity index (χ1v) is 9.99. The molecule has 2 heterocycles. The van der Waals surface area contributed by atoms with Crippen molar-refractivity contribution in [3.05, 3.63) is 48.0 Å². The fourth-order valence-corrected chi connectivity index (χ4v) is 4.06. The Bertz CT molecular complexity index is 896. The lowest BCUT2D eigenvalue weighted by atomic mass is 10.0. The van der Waals surface area contributed by atoms with Gasteiger partial charge in [0.25, 0.3) is 0 Å². The third-order valence-corrected chi connectivity index (χ3v) is 5.73. The number of fused-ring (bicyclic) bond motifs is 1. The number of rotatable bonds is 4. The summed E-state index contributed by atoms with van der Waals surface area (Å²) in [5.74, 6) is 1.13. The van der Waals surface area contributed by atoms with Gasteiger partial charge < -0.3 is 9.64 Å². The van der Waals surface area contributed by atoms with Crippen LogP contribution in [0.5, 0.6) is 5.75 Å². The molecule has 5 heteroatoms. The van der Waals surface area contributed by atoms with Gasteiger partial charge in [0.1, 0.15) is 11.9 Å². The number of piperidine rings is 1. The van der Waals surface area contributed by atoms with Gasteiger partial charge in [-0.2, -0.15) is 0 Å². The molecule has 3 aromatic rings. The molecule has 0 atom stereocenters. The molecule has 0 bridgehead atoms. The van der Waals surface area contributed by atoms with E-state index in [9.17, 15) is 4.79 Å². The molecule has 0 spiro atoms. The lowest BCUT2D eigenvalue weighted by Crippen LogP contribution is -2.41. The summed E-state index contributed by atoms with van der Waals surface area (Å²) in [4.78, 5) is 18.1. The zero-order chi connectivity index (χ0) is 17.9. The maximum absolute atomic E-state index is 11.7. The number of benzene rings is 2. The maximum Gasteiger partial charge on any atom is 0.222 e. The van der Waals surface area contributed by atoms with Gasteiger partial charge in [0, 0.05) is 32.4 Å². The molecule has 1 fully saturated rings. The van der Waals surface area contributed by atoms with Crippen molar-refractivity contribution < 1.29 is 9.53 Å². The van der Waals surface area contributed by atoms with Gasteiger partial charge in [-0.05, 0) is 35.4 Å². The van der Waals surface area contributed by atoms with Crippen molar-refractivity contribution in [2.45, 2.75) is 32.3 Å². The van der Waals surface area contributed by atoms with Gasteiger partial charge in [-0.3, -0.25) is 4.79 Å². The molecule has 4 nitrogen and oxygen atoms in total. The molecule has 1 amide bonds. The Morgan fingerprint density at radius 2 is 1.88 bits per heavy atom. The summed E-state index contributed by atoms with van der Waals surface area (Å²) in [6, 6.07) is 14.6. The van der Waals surface area contributed by atoms with Crippen LogP contribution in [0.3, 0.4) is 0 Å². The highest BCUT2D eigenvalue weighted by atomic mass is 32.1. The van der Waals surface area contributed by atoms with Gasteiger partial charge in [0.05, 0.1) is 15.7 Å². The van der Waals surface area contributed by atoms with Crippen LogP contribution < -0.4 is 4.74 Å². The van der Waals surface area contributed by atoms with E-state index in [-0.39, 0.29) is 12.0 Å². The predicted molar refractivity (Wildman–Crippen MR) is 106 cm³/mol. The van der Waals surface area contributed by atoms with Crippen LogP contribution in [0.4, 0.5) is 0 Å². The monoisotopic (exact) mass is 366 g/mol. The summed E-state index contributed by atoms with van der Waals surface area (Å²) in [7, 11) is 0. The number of hydrogen-bond donors (Lipinski definition) is 0. The lowest BCUT2D eigenvalue weighted by Gasteiger charge is -2.32. The molecule has 0 N–H and O–H groups in total. The largest absolute Gasteiger partial charge is 0.490 e. The summed E-state index contributed by atoms with van der Waals surface area (Å²) in [6.07, 6.45) is 2.56. The molecule has 1 aromatic heterocycles. The van der Waals surface area contributed by atoms with E-state index in [1.807, 2.05) is 29.5 Å². The highest BCUT2D eigenvalue weighted by molar-refractivity contribution is 7.16. The van der Waals surface area contributed by atoms with Crippen LogP contribution in [0, 0.1) is 0 Å². The Labute approximate surface area is 157 Å². The van der Waals surface area contributed by atoms with Gasteiger partial charge in [0.2, 0.25) is 5.91 Å². The second-order valence-corrected chi connectivity index (χ2v) is 7.50. The SMILES string of the molecule is CCC(=O)N1CCC(Oc2ccc(-c3ccc4scnc4c3)cc2)CC1. The maximum atomic E-state index is 11.7. The molecular weight excluding hydrogens is 344 g/mol. The number of hydrogen-bond acceptors (Lipinski definition) is 4. The minimum atomic E-state index is 0.188. The molecule has 0 saturated carbocycles. The topological polar surface area (TPSA) is 42.4 Å². The van der Waals surface area contributed by atoms with Crippen LogP contribution in [0.15, 0.2) is 48.0 Å². The molecule has 1 aliphatic rings. The highest BCUT2D eigenvalue weighted by Crippen LogP contribution is 2.28. The first-order valence-electron chi connectivity index (χ1n) is 9.11. The first-order chi connectivity index (χ1) is 12.7. The standard InChI is InChI=1S/C21H22N2O2S/c1-2-21(24)23-11-9-18(10-12-23)25-17-6-3-15(4-7-17)16-5-8-20-19(13-16)22-14-26-20/h3-8,13-14,18H,2,9-12H2,1H3. The van der Waals surface area contributed by atoms with E-state index in [1.165, 1.54) is 10.3 Å².